The van der Waals surface area contributed by atoms with Gasteiger partial charge in [-0.3, -0.25) is 14.5 Å². The molecular formula is C17H20FN3O4. The zero-order chi connectivity index (χ0) is 18.1. The molecule has 1 fully saturated rings. The number of fused-ring (bicyclic) bond motifs is 1. The molecule has 2 N–H and O–H groups in total. The smallest absolute Gasteiger partial charge is 0.325 e. The fourth-order valence-corrected chi connectivity index (χ4v) is 3.35. The summed E-state index contributed by atoms with van der Waals surface area (Å²) in [5.74, 6) is -2.56. The van der Waals surface area contributed by atoms with E-state index in [1.807, 2.05) is 11.9 Å². The quantitative estimate of drug-likeness (QED) is 0.845. The first-order chi connectivity index (χ1) is 11.9. The number of aliphatic carboxylic acids is 2. The number of nitrogens with zero attached hydrogens (tertiary/aromatic N) is 3. The van der Waals surface area contributed by atoms with Crippen molar-refractivity contribution in [3.63, 3.8) is 0 Å². The lowest BCUT2D eigenvalue weighted by Gasteiger charge is -2.36. The highest BCUT2D eigenvalue weighted by Gasteiger charge is 2.32. The number of carboxylic acid groups (broad SMARTS) is 2. The normalized spacial score (nSPS) is 17.7. The Morgan fingerprint density at radius 2 is 1.88 bits per heavy atom. The van der Waals surface area contributed by atoms with Crippen molar-refractivity contribution >= 4 is 22.8 Å². The second-order valence-electron chi connectivity index (χ2n) is 6.35. The third kappa shape index (κ3) is 3.49. The molecule has 1 saturated heterocycles. The van der Waals surface area contributed by atoms with Crippen LogP contribution in [-0.2, 0) is 16.1 Å². The van der Waals surface area contributed by atoms with Crippen molar-refractivity contribution < 1.29 is 24.2 Å². The minimum atomic E-state index is -1.07. The van der Waals surface area contributed by atoms with Gasteiger partial charge in [0.2, 0.25) is 0 Å². The van der Waals surface area contributed by atoms with Crippen LogP contribution in [-0.4, -0.2) is 69.7 Å². The van der Waals surface area contributed by atoms with Crippen LogP contribution in [0.15, 0.2) is 24.4 Å². The van der Waals surface area contributed by atoms with E-state index in [1.165, 1.54) is 29.0 Å². The molecule has 0 radical (unpaired) electrons. The van der Waals surface area contributed by atoms with E-state index in [0.717, 1.165) is 13.1 Å². The van der Waals surface area contributed by atoms with Crippen molar-refractivity contribution in [1.29, 1.82) is 0 Å². The predicted molar refractivity (Wildman–Crippen MR) is 89.0 cm³/mol. The Balaban J connectivity index is 2.08. The molecule has 1 unspecified atom stereocenters. The lowest BCUT2D eigenvalue weighted by Crippen LogP contribution is -2.47. The van der Waals surface area contributed by atoms with Gasteiger partial charge >= 0.3 is 11.9 Å². The van der Waals surface area contributed by atoms with Crippen molar-refractivity contribution in [2.24, 2.45) is 0 Å². The molecule has 7 nitrogen and oxygen atoms in total. The Labute approximate surface area is 143 Å². The third-order valence-electron chi connectivity index (χ3n) is 4.61. The first-order valence-electron chi connectivity index (χ1n) is 8.02. The van der Waals surface area contributed by atoms with Crippen LogP contribution >= 0.6 is 0 Å². The van der Waals surface area contributed by atoms with Crippen molar-refractivity contribution in [2.75, 3.05) is 33.2 Å². The number of hydrogen-bond donors (Lipinski definition) is 2. The predicted octanol–water partition coefficient (Wildman–Crippen LogP) is 1.24. The first-order valence-corrected chi connectivity index (χ1v) is 8.02. The fourth-order valence-electron chi connectivity index (χ4n) is 3.35. The van der Waals surface area contributed by atoms with Gasteiger partial charge in [0.25, 0.3) is 0 Å². The molecule has 0 saturated carbocycles. The zero-order valence-corrected chi connectivity index (χ0v) is 13.9. The number of rotatable bonds is 5. The van der Waals surface area contributed by atoms with Crippen molar-refractivity contribution in [1.82, 2.24) is 14.4 Å². The van der Waals surface area contributed by atoms with Gasteiger partial charge < -0.3 is 19.7 Å². The maximum absolute atomic E-state index is 13.6. The van der Waals surface area contributed by atoms with Gasteiger partial charge in [-0.15, -0.1) is 0 Å². The molecule has 0 bridgehead atoms. The van der Waals surface area contributed by atoms with Gasteiger partial charge in [0, 0.05) is 43.3 Å². The summed E-state index contributed by atoms with van der Waals surface area (Å²) >= 11 is 0. The summed E-state index contributed by atoms with van der Waals surface area (Å²) in [6.07, 6.45) is 1.52. The lowest BCUT2D eigenvalue weighted by atomic mass is 10.0. The van der Waals surface area contributed by atoms with Crippen LogP contribution in [0.4, 0.5) is 4.39 Å². The molecule has 0 amide bonds. The number of likely N-dealkylation sites (N-methyl/N-ethyl adjacent to an activating group) is 1. The fraction of sp³-hybridized carbons (Fsp3) is 0.412. The van der Waals surface area contributed by atoms with Crippen LogP contribution in [0, 0.1) is 5.82 Å². The lowest BCUT2D eigenvalue weighted by molar-refractivity contribution is -0.144. The molecule has 2 heterocycles. The summed E-state index contributed by atoms with van der Waals surface area (Å²) in [4.78, 5) is 27.1. The van der Waals surface area contributed by atoms with Gasteiger partial charge in [0.1, 0.15) is 18.4 Å². The van der Waals surface area contributed by atoms with Gasteiger partial charge in [0.05, 0.1) is 5.52 Å². The molecule has 0 aliphatic carbocycles. The molecule has 3 rings (SSSR count). The Bertz CT molecular complexity index is 812. The van der Waals surface area contributed by atoms with Crippen LogP contribution in [0.5, 0.6) is 0 Å². The van der Waals surface area contributed by atoms with Gasteiger partial charge in [-0.1, -0.05) is 0 Å². The topological polar surface area (TPSA) is 86.0 Å². The number of carboxylic acids is 2. The van der Waals surface area contributed by atoms with Crippen LogP contribution in [0.1, 0.15) is 11.6 Å². The highest BCUT2D eigenvalue weighted by Crippen LogP contribution is 2.31. The van der Waals surface area contributed by atoms with E-state index >= 15 is 0 Å². The number of hydrogen-bond acceptors (Lipinski definition) is 4. The van der Waals surface area contributed by atoms with E-state index in [9.17, 15) is 19.1 Å². The van der Waals surface area contributed by atoms with Crippen LogP contribution in [0.2, 0.25) is 0 Å². The molecule has 1 atom stereocenters. The van der Waals surface area contributed by atoms with E-state index < -0.39 is 23.8 Å². The molecule has 8 heteroatoms. The number of benzene rings is 1. The number of carbonyl (C=O) groups is 2. The van der Waals surface area contributed by atoms with Crippen molar-refractivity contribution in [2.45, 2.75) is 12.6 Å². The van der Waals surface area contributed by atoms with Crippen LogP contribution in [0.3, 0.4) is 0 Å². The molecule has 1 aromatic carbocycles. The highest BCUT2D eigenvalue weighted by atomic mass is 19.1. The van der Waals surface area contributed by atoms with E-state index in [-0.39, 0.29) is 6.54 Å². The maximum atomic E-state index is 13.6. The Morgan fingerprint density at radius 1 is 1.20 bits per heavy atom. The number of halogens is 1. The third-order valence-corrected chi connectivity index (χ3v) is 4.61. The number of piperazine rings is 1. The van der Waals surface area contributed by atoms with Gasteiger partial charge in [-0.2, -0.15) is 0 Å². The molecule has 2 aromatic rings. The Kier molecular flexibility index (Phi) is 4.73. The molecule has 134 valence electrons. The Hall–Kier alpha value is -2.45. The van der Waals surface area contributed by atoms with Gasteiger partial charge in [-0.05, 0) is 25.2 Å². The van der Waals surface area contributed by atoms with Crippen molar-refractivity contribution in [3.8, 4) is 0 Å². The van der Waals surface area contributed by atoms with Crippen LogP contribution < -0.4 is 0 Å². The standard InChI is InChI=1S/C17H20FN3O4/c1-19-4-6-20(7-5-19)16(17(24)25)13-9-21(10-15(22)23)14-8-11(18)2-3-12(13)14/h2-3,8-9,16H,4-7,10H2,1H3,(H,22,23)(H,24,25). The average molecular weight is 349 g/mol. The summed E-state index contributed by atoms with van der Waals surface area (Å²) in [5, 5.41) is 19.4. The second-order valence-corrected chi connectivity index (χ2v) is 6.35. The molecular weight excluding hydrogens is 329 g/mol. The summed E-state index contributed by atoms with van der Waals surface area (Å²) < 4.78 is 15.0. The number of aromatic nitrogens is 1. The van der Waals surface area contributed by atoms with Crippen LogP contribution in [0.25, 0.3) is 10.9 Å². The molecule has 0 spiro atoms. The SMILES string of the molecule is CN1CCN(C(C(=O)O)c2cn(CC(=O)O)c3cc(F)ccc23)CC1. The summed E-state index contributed by atoms with van der Waals surface area (Å²) in [6, 6.07) is 3.13. The van der Waals surface area contributed by atoms with Gasteiger partial charge in [0.15, 0.2) is 0 Å². The maximum Gasteiger partial charge on any atom is 0.325 e. The highest BCUT2D eigenvalue weighted by molar-refractivity contribution is 5.90. The second kappa shape index (κ2) is 6.81. The molecule has 1 aliphatic heterocycles. The summed E-state index contributed by atoms with van der Waals surface area (Å²) in [6.45, 7) is 2.36. The van der Waals surface area contributed by atoms with E-state index in [4.69, 9.17) is 5.11 Å². The monoisotopic (exact) mass is 349 g/mol. The zero-order valence-electron chi connectivity index (χ0n) is 13.9. The first kappa shape index (κ1) is 17.4. The Morgan fingerprint density at radius 3 is 2.48 bits per heavy atom. The summed E-state index contributed by atoms with van der Waals surface area (Å²) in [7, 11) is 1.98. The van der Waals surface area contributed by atoms with Crippen molar-refractivity contribution in [3.05, 3.63) is 35.8 Å². The molecule has 1 aromatic heterocycles. The molecule has 1 aliphatic rings. The summed E-state index contributed by atoms with van der Waals surface area (Å²) in [5.41, 5.74) is 0.881. The van der Waals surface area contributed by atoms with E-state index in [2.05, 4.69) is 4.90 Å². The van der Waals surface area contributed by atoms with E-state index in [1.54, 1.807) is 0 Å². The largest absolute Gasteiger partial charge is 0.480 e. The minimum Gasteiger partial charge on any atom is -0.480 e. The average Bonchev–Trinajstić information content (AvgIpc) is 2.86. The van der Waals surface area contributed by atoms with Gasteiger partial charge in [-0.25, -0.2) is 4.39 Å². The molecule has 25 heavy (non-hydrogen) atoms. The minimum absolute atomic E-state index is 0.352. The van der Waals surface area contributed by atoms with E-state index in [0.29, 0.717) is 29.6 Å².